The highest BCUT2D eigenvalue weighted by atomic mass is 19.1. The monoisotopic (exact) mass is 295 g/mol. The Morgan fingerprint density at radius 3 is 2.52 bits per heavy atom. The van der Waals surface area contributed by atoms with Gasteiger partial charge in [0.1, 0.15) is 5.56 Å². The number of carboxylic acid groups (broad SMARTS) is 1. The van der Waals surface area contributed by atoms with Gasteiger partial charge in [-0.2, -0.15) is 0 Å². The van der Waals surface area contributed by atoms with Gasteiger partial charge < -0.3 is 19.1 Å². The van der Waals surface area contributed by atoms with Crippen molar-refractivity contribution in [3.63, 3.8) is 0 Å². The Bertz CT molecular complexity index is 781. The van der Waals surface area contributed by atoms with Crippen LogP contribution in [0.3, 0.4) is 0 Å². The average molecular weight is 295 g/mol. The van der Waals surface area contributed by atoms with Crippen LogP contribution >= 0.6 is 0 Å². The minimum absolute atomic E-state index is 0.00912. The summed E-state index contributed by atoms with van der Waals surface area (Å²) in [4.78, 5) is 23.3. The smallest absolute Gasteiger partial charge is 0.341 e. The van der Waals surface area contributed by atoms with Crippen molar-refractivity contribution < 1.29 is 23.8 Å². The van der Waals surface area contributed by atoms with Gasteiger partial charge in [0.25, 0.3) is 0 Å². The van der Waals surface area contributed by atoms with E-state index in [1.807, 2.05) is 0 Å². The quantitative estimate of drug-likeness (QED) is 0.931. The Kier molecular flexibility index (Phi) is 3.84. The van der Waals surface area contributed by atoms with E-state index < -0.39 is 22.8 Å². The van der Waals surface area contributed by atoms with Gasteiger partial charge in [-0.3, -0.25) is 4.79 Å². The van der Waals surface area contributed by atoms with Gasteiger partial charge in [0, 0.05) is 12.7 Å². The molecule has 0 spiro atoms. The lowest BCUT2D eigenvalue weighted by Crippen LogP contribution is -2.19. The Balaban J connectivity index is 3.05. The van der Waals surface area contributed by atoms with Crippen molar-refractivity contribution in [2.45, 2.75) is 13.5 Å². The molecule has 21 heavy (non-hydrogen) atoms. The normalized spacial score (nSPS) is 10.7. The zero-order valence-corrected chi connectivity index (χ0v) is 11.8. The number of rotatable bonds is 4. The van der Waals surface area contributed by atoms with Crippen LogP contribution in [0.15, 0.2) is 17.1 Å². The minimum Gasteiger partial charge on any atom is -0.493 e. The first-order valence-corrected chi connectivity index (χ1v) is 6.17. The highest BCUT2D eigenvalue weighted by Crippen LogP contribution is 2.35. The van der Waals surface area contributed by atoms with E-state index in [1.165, 1.54) is 24.9 Å². The SMILES string of the molecule is CCn1cc(C(=O)O)c(=O)c2cc(OC)c(OC)c(F)c21. The second-order valence-corrected chi connectivity index (χ2v) is 4.29. The number of pyridine rings is 1. The van der Waals surface area contributed by atoms with Crippen LogP contribution in [0.1, 0.15) is 17.3 Å². The van der Waals surface area contributed by atoms with Crippen molar-refractivity contribution in [2.75, 3.05) is 14.2 Å². The van der Waals surface area contributed by atoms with Crippen molar-refractivity contribution >= 4 is 16.9 Å². The summed E-state index contributed by atoms with van der Waals surface area (Å²) >= 11 is 0. The third-order valence-electron chi connectivity index (χ3n) is 3.22. The molecule has 0 aliphatic rings. The Morgan fingerprint density at radius 1 is 1.38 bits per heavy atom. The van der Waals surface area contributed by atoms with Crippen LogP contribution < -0.4 is 14.9 Å². The first kappa shape index (κ1) is 14.8. The molecule has 1 aromatic carbocycles. The second kappa shape index (κ2) is 5.43. The van der Waals surface area contributed by atoms with E-state index in [1.54, 1.807) is 6.92 Å². The first-order chi connectivity index (χ1) is 9.96. The number of hydrogen-bond donors (Lipinski definition) is 1. The lowest BCUT2D eigenvalue weighted by Gasteiger charge is -2.15. The van der Waals surface area contributed by atoms with Crippen LogP contribution in [0.4, 0.5) is 4.39 Å². The van der Waals surface area contributed by atoms with Crippen LogP contribution in [0, 0.1) is 5.82 Å². The Labute approximate surface area is 119 Å². The summed E-state index contributed by atoms with van der Waals surface area (Å²) < 4.78 is 25.9. The number of halogens is 1. The van der Waals surface area contributed by atoms with E-state index >= 15 is 0 Å². The maximum atomic E-state index is 14.6. The molecule has 7 heteroatoms. The molecule has 1 heterocycles. The molecular weight excluding hydrogens is 281 g/mol. The topological polar surface area (TPSA) is 77.8 Å². The van der Waals surface area contributed by atoms with Gasteiger partial charge in [0.05, 0.1) is 25.1 Å². The minimum atomic E-state index is -1.36. The number of benzene rings is 1. The van der Waals surface area contributed by atoms with E-state index in [2.05, 4.69) is 0 Å². The number of aryl methyl sites for hydroxylation is 1. The molecule has 0 unspecified atom stereocenters. The summed E-state index contributed by atoms with van der Waals surface area (Å²) in [6.07, 6.45) is 1.13. The van der Waals surface area contributed by atoms with Crippen LogP contribution in [0.2, 0.25) is 0 Å². The summed E-state index contributed by atoms with van der Waals surface area (Å²) in [5.41, 5.74) is -1.19. The van der Waals surface area contributed by atoms with Gasteiger partial charge in [0.15, 0.2) is 17.3 Å². The lowest BCUT2D eigenvalue weighted by atomic mass is 10.1. The van der Waals surface area contributed by atoms with Gasteiger partial charge in [0.2, 0.25) is 5.43 Å². The molecule has 0 fully saturated rings. The largest absolute Gasteiger partial charge is 0.493 e. The molecule has 0 aliphatic carbocycles. The highest BCUT2D eigenvalue weighted by Gasteiger charge is 2.22. The van der Waals surface area contributed by atoms with E-state index in [-0.39, 0.29) is 22.4 Å². The molecule has 0 saturated heterocycles. The fraction of sp³-hybridized carbons (Fsp3) is 0.286. The zero-order chi connectivity index (χ0) is 15.7. The molecule has 1 N–H and O–H groups in total. The standard InChI is InChI=1S/C14H14FNO5/c1-4-16-6-8(14(18)19)12(17)7-5-9(20-2)13(21-3)10(15)11(7)16/h5-6H,4H2,1-3H3,(H,18,19). The summed E-state index contributed by atoms with van der Waals surface area (Å²) in [5.74, 6) is -2.22. The van der Waals surface area contributed by atoms with Gasteiger partial charge in [-0.05, 0) is 13.0 Å². The molecule has 2 rings (SSSR count). The summed E-state index contributed by atoms with van der Waals surface area (Å²) in [6.45, 7) is 2.01. The molecular formula is C14H14FNO5. The number of aromatic nitrogens is 1. The highest BCUT2D eigenvalue weighted by molar-refractivity contribution is 5.93. The molecule has 2 aromatic rings. The number of fused-ring (bicyclic) bond motifs is 1. The number of carbonyl (C=O) groups is 1. The lowest BCUT2D eigenvalue weighted by molar-refractivity contribution is 0.0695. The van der Waals surface area contributed by atoms with Crippen LogP contribution in [-0.4, -0.2) is 29.9 Å². The number of carboxylic acids is 1. The maximum absolute atomic E-state index is 14.6. The van der Waals surface area contributed by atoms with E-state index in [9.17, 15) is 14.0 Å². The number of nitrogens with zero attached hydrogens (tertiary/aromatic N) is 1. The third kappa shape index (κ3) is 2.20. The molecule has 0 atom stereocenters. The van der Waals surface area contributed by atoms with E-state index in [4.69, 9.17) is 14.6 Å². The molecule has 112 valence electrons. The molecule has 1 aromatic heterocycles. The number of aromatic carboxylic acids is 1. The first-order valence-electron chi connectivity index (χ1n) is 6.17. The van der Waals surface area contributed by atoms with E-state index in [0.29, 0.717) is 6.54 Å². The fourth-order valence-electron chi connectivity index (χ4n) is 2.22. The van der Waals surface area contributed by atoms with Crippen LogP contribution in [0.5, 0.6) is 11.5 Å². The number of ether oxygens (including phenoxy) is 2. The van der Waals surface area contributed by atoms with Crippen molar-refractivity contribution in [3.8, 4) is 11.5 Å². The summed E-state index contributed by atoms with van der Waals surface area (Å²) in [7, 11) is 2.59. The molecule has 0 amide bonds. The summed E-state index contributed by atoms with van der Waals surface area (Å²) in [6, 6.07) is 1.29. The maximum Gasteiger partial charge on any atom is 0.341 e. The average Bonchev–Trinajstić information content (AvgIpc) is 2.47. The van der Waals surface area contributed by atoms with Crippen molar-refractivity contribution in [2.24, 2.45) is 0 Å². The molecule has 0 radical (unpaired) electrons. The third-order valence-corrected chi connectivity index (χ3v) is 3.22. The molecule has 0 saturated carbocycles. The van der Waals surface area contributed by atoms with Crippen LogP contribution in [-0.2, 0) is 6.54 Å². The van der Waals surface area contributed by atoms with E-state index in [0.717, 1.165) is 6.20 Å². The molecule has 6 nitrogen and oxygen atoms in total. The Morgan fingerprint density at radius 2 is 2.05 bits per heavy atom. The number of hydrogen-bond acceptors (Lipinski definition) is 4. The van der Waals surface area contributed by atoms with Gasteiger partial charge >= 0.3 is 5.97 Å². The second-order valence-electron chi connectivity index (χ2n) is 4.29. The van der Waals surface area contributed by atoms with Crippen molar-refractivity contribution in [1.29, 1.82) is 0 Å². The Hall–Kier alpha value is -2.57. The van der Waals surface area contributed by atoms with Crippen molar-refractivity contribution in [1.82, 2.24) is 4.57 Å². The summed E-state index contributed by atoms with van der Waals surface area (Å²) in [5, 5.41) is 9.02. The van der Waals surface area contributed by atoms with Gasteiger partial charge in [-0.25, -0.2) is 9.18 Å². The molecule has 0 aliphatic heterocycles. The number of methoxy groups -OCH3 is 2. The predicted molar refractivity (Wildman–Crippen MR) is 73.9 cm³/mol. The van der Waals surface area contributed by atoms with Gasteiger partial charge in [-0.15, -0.1) is 0 Å². The predicted octanol–water partition coefficient (Wildman–Crippen LogP) is 1.88. The van der Waals surface area contributed by atoms with Crippen LogP contribution in [0.25, 0.3) is 10.9 Å². The molecule has 0 bridgehead atoms. The van der Waals surface area contributed by atoms with Gasteiger partial charge in [-0.1, -0.05) is 0 Å². The van der Waals surface area contributed by atoms with Crippen molar-refractivity contribution in [3.05, 3.63) is 33.9 Å². The zero-order valence-electron chi connectivity index (χ0n) is 11.8. The fourth-order valence-corrected chi connectivity index (χ4v) is 2.22.